The van der Waals surface area contributed by atoms with Crippen molar-refractivity contribution in [1.29, 1.82) is 0 Å². The van der Waals surface area contributed by atoms with E-state index in [2.05, 4.69) is 59.6 Å². The smallest absolute Gasteiger partial charge is 0.202 e. The molecule has 0 aliphatic rings. The number of thiophene rings is 1. The van der Waals surface area contributed by atoms with E-state index >= 15 is 0 Å². The lowest BCUT2D eigenvalue weighted by Crippen LogP contribution is -2.17. The van der Waals surface area contributed by atoms with Crippen molar-refractivity contribution in [3.8, 4) is 12.3 Å². The first-order chi connectivity index (χ1) is 11.7. The highest BCUT2D eigenvalue weighted by Gasteiger charge is 2.10. The number of fused-ring (bicyclic) bond motifs is 1. The van der Waals surface area contributed by atoms with Crippen molar-refractivity contribution in [2.24, 2.45) is 0 Å². The van der Waals surface area contributed by atoms with Crippen LogP contribution in [0.15, 0.2) is 16.7 Å². The lowest BCUT2D eigenvalue weighted by Gasteiger charge is -2.05. The number of halogens is 1. The lowest BCUT2D eigenvalue weighted by atomic mass is 10.2. The number of hydrogen-bond acceptors (Lipinski definition) is 6. The van der Waals surface area contributed by atoms with E-state index in [1.54, 1.807) is 17.5 Å². The zero-order valence-corrected chi connectivity index (χ0v) is 15.6. The van der Waals surface area contributed by atoms with E-state index < -0.39 is 0 Å². The minimum atomic E-state index is 0.626. The normalized spacial score (nSPS) is 10.9. The van der Waals surface area contributed by atoms with E-state index in [-0.39, 0.29) is 0 Å². The van der Waals surface area contributed by atoms with Crippen molar-refractivity contribution < 1.29 is 0 Å². The highest BCUT2D eigenvalue weighted by molar-refractivity contribution is 9.10. The Labute approximate surface area is 152 Å². The number of rotatable bonds is 7. The van der Waals surface area contributed by atoms with E-state index in [9.17, 15) is 0 Å². The second kappa shape index (κ2) is 7.75. The van der Waals surface area contributed by atoms with Crippen molar-refractivity contribution >= 4 is 44.4 Å². The van der Waals surface area contributed by atoms with Gasteiger partial charge in [-0.15, -0.1) is 22.9 Å². The van der Waals surface area contributed by atoms with Crippen molar-refractivity contribution in [1.82, 2.24) is 25.5 Å². The molecule has 8 heteroatoms. The van der Waals surface area contributed by atoms with Crippen molar-refractivity contribution in [2.75, 3.05) is 18.4 Å². The molecule has 0 aliphatic carbocycles. The molecule has 6 nitrogen and oxygen atoms in total. The summed E-state index contributed by atoms with van der Waals surface area (Å²) in [5.74, 6) is 3.43. The number of aromatic amines is 1. The van der Waals surface area contributed by atoms with Crippen molar-refractivity contribution in [2.45, 2.75) is 19.9 Å². The summed E-state index contributed by atoms with van der Waals surface area (Å²) in [6.07, 6.45) is 8.12. The van der Waals surface area contributed by atoms with Crippen LogP contribution in [0.2, 0.25) is 0 Å². The van der Waals surface area contributed by atoms with E-state index in [1.165, 1.54) is 10.4 Å². The molecule has 0 amide bonds. The highest BCUT2D eigenvalue weighted by Crippen LogP contribution is 2.31. The molecular weight excluding hydrogens is 388 g/mol. The summed E-state index contributed by atoms with van der Waals surface area (Å²) in [6.45, 7) is 4.65. The predicted molar refractivity (Wildman–Crippen MR) is 101 cm³/mol. The first-order valence-corrected chi connectivity index (χ1v) is 9.16. The molecule has 0 spiro atoms. The van der Waals surface area contributed by atoms with Crippen LogP contribution in [0, 0.1) is 19.3 Å². The number of H-pyrrole nitrogens is 1. The molecule has 3 aromatic rings. The molecule has 3 heterocycles. The minimum absolute atomic E-state index is 0.626. The number of aromatic nitrogens is 4. The molecule has 0 saturated heterocycles. The zero-order chi connectivity index (χ0) is 16.9. The van der Waals surface area contributed by atoms with Crippen LogP contribution in [-0.2, 0) is 6.54 Å². The van der Waals surface area contributed by atoms with Crippen molar-refractivity contribution in [3.63, 3.8) is 0 Å². The van der Waals surface area contributed by atoms with Gasteiger partial charge in [-0.2, -0.15) is 10.1 Å². The first kappa shape index (κ1) is 16.9. The molecule has 0 unspecified atom stereocenters. The Balaban J connectivity index is 1.40. The Morgan fingerprint density at radius 2 is 2.29 bits per heavy atom. The summed E-state index contributed by atoms with van der Waals surface area (Å²) in [6, 6.07) is 1.86. The standard InChI is InChI=1S/C16H17BrN6S/c1-3-12-14(17)10(2)13(24-12)9-18-6-4-7-19-16-21-11-5-8-20-23-15(11)22-16/h1,5,8,18H,4,6-7,9H2,2H3,(H2,19,21,22,23). The summed E-state index contributed by atoms with van der Waals surface area (Å²) in [7, 11) is 0. The van der Waals surface area contributed by atoms with Crippen LogP contribution < -0.4 is 10.6 Å². The maximum Gasteiger partial charge on any atom is 0.202 e. The average Bonchev–Trinajstić information content (AvgIpc) is 3.13. The van der Waals surface area contributed by atoms with E-state index in [0.29, 0.717) is 5.65 Å². The fourth-order valence-electron chi connectivity index (χ4n) is 2.27. The molecule has 0 saturated carbocycles. The second-order valence-corrected chi connectivity index (χ2v) is 7.15. The third-order valence-electron chi connectivity index (χ3n) is 3.58. The van der Waals surface area contributed by atoms with Crippen LogP contribution in [0.25, 0.3) is 11.2 Å². The van der Waals surface area contributed by atoms with Gasteiger partial charge >= 0.3 is 0 Å². The number of nitrogens with zero attached hydrogens (tertiary/aromatic N) is 3. The Morgan fingerprint density at radius 3 is 3.04 bits per heavy atom. The summed E-state index contributed by atoms with van der Waals surface area (Å²) in [5, 5.41) is 14.5. The number of nitrogens with one attached hydrogen (secondary N) is 3. The van der Waals surface area contributed by atoms with Crippen LogP contribution in [0.3, 0.4) is 0 Å². The van der Waals surface area contributed by atoms with Gasteiger partial charge in [-0.3, -0.25) is 0 Å². The quantitative estimate of drug-likeness (QED) is 0.416. The SMILES string of the molecule is C#Cc1sc(CNCCCNc2nc3nnccc3[nH]2)c(C)c1Br. The fourth-order valence-corrected chi connectivity index (χ4v) is 3.98. The van der Waals surface area contributed by atoms with Gasteiger partial charge in [0, 0.05) is 22.4 Å². The van der Waals surface area contributed by atoms with Gasteiger partial charge in [0.2, 0.25) is 11.6 Å². The van der Waals surface area contributed by atoms with Gasteiger partial charge in [0.1, 0.15) is 0 Å². The Hall–Kier alpha value is -1.95. The lowest BCUT2D eigenvalue weighted by molar-refractivity contribution is 0.666. The predicted octanol–water partition coefficient (Wildman–Crippen LogP) is 3.06. The number of imidazole rings is 1. The van der Waals surface area contributed by atoms with Gasteiger partial charge in [0.25, 0.3) is 0 Å². The summed E-state index contributed by atoms with van der Waals surface area (Å²) in [4.78, 5) is 9.73. The molecule has 0 radical (unpaired) electrons. The first-order valence-electron chi connectivity index (χ1n) is 7.55. The largest absolute Gasteiger partial charge is 0.356 e. The molecular formula is C16H17BrN6S. The molecule has 0 fully saturated rings. The van der Waals surface area contributed by atoms with Crippen LogP contribution in [0.5, 0.6) is 0 Å². The number of anilines is 1. The van der Waals surface area contributed by atoms with Gasteiger partial charge in [0.05, 0.1) is 16.6 Å². The molecule has 3 rings (SSSR count). The third-order valence-corrected chi connectivity index (χ3v) is 6.06. The summed E-state index contributed by atoms with van der Waals surface area (Å²) < 4.78 is 1.04. The van der Waals surface area contributed by atoms with Crippen LogP contribution in [0.1, 0.15) is 21.7 Å². The molecule has 0 aromatic carbocycles. The molecule has 124 valence electrons. The molecule has 0 bridgehead atoms. The van der Waals surface area contributed by atoms with Gasteiger partial charge in [-0.05, 0) is 47.4 Å². The fraction of sp³-hybridized carbons (Fsp3) is 0.312. The molecule has 3 aromatic heterocycles. The molecule has 3 N–H and O–H groups in total. The van der Waals surface area contributed by atoms with Crippen LogP contribution in [-0.4, -0.2) is 33.3 Å². The Morgan fingerprint density at radius 1 is 1.42 bits per heavy atom. The minimum Gasteiger partial charge on any atom is -0.356 e. The number of hydrogen-bond donors (Lipinski definition) is 3. The topological polar surface area (TPSA) is 78.5 Å². The summed E-state index contributed by atoms with van der Waals surface area (Å²) >= 11 is 5.21. The maximum atomic E-state index is 5.49. The third kappa shape index (κ3) is 3.75. The van der Waals surface area contributed by atoms with E-state index in [1.807, 2.05) is 6.07 Å². The van der Waals surface area contributed by atoms with Gasteiger partial charge < -0.3 is 15.6 Å². The summed E-state index contributed by atoms with van der Waals surface area (Å²) in [5.41, 5.74) is 2.73. The van der Waals surface area contributed by atoms with E-state index in [0.717, 1.165) is 46.9 Å². The van der Waals surface area contributed by atoms with Crippen molar-refractivity contribution in [3.05, 3.63) is 32.1 Å². The van der Waals surface area contributed by atoms with Crippen LogP contribution >= 0.6 is 27.3 Å². The van der Waals surface area contributed by atoms with Gasteiger partial charge in [0.15, 0.2) is 0 Å². The molecule has 24 heavy (non-hydrogen) atoms. The maximum absolute atomic E-state index is 5.49. The Kier molecular flexibility index (Phi) is 5.45. The van der Waals surface area contributed by atoms with E-state index in [4.69, 9.17) is 6.42 Å². The molecule has 0 atom stereocenters. The van der Waals surface area contributed by atoms with Gasteiger partial charge in [-0.25, -0.2) is 0 Å². The highest BCUT2D eigenvalue weighted by atomic mass is 79.9. The Bertz CT molecular complexity index is 845. The average molecular weight is 405 g/mol. The zero-order valence-electron chi connectivity index (χ0n) is 13.2. The van der Waals surface area contributed by atoms with Crippen LogP contribution in [0.4, 0.5) is 5.95 Å². The van der Waals surface area contributed by atoms with Gasteiger partial charge in [-0.1, -0.05) is 5.92 Å². The monoisotopic (exact) mass is 404 g/mol. The second-order valence-electron chi connectivity index (χ2n) is 5.25. The number of terminal acetylenes is 1. The molecule has 0 aliphatic heterocycles.